The molecule has 1 aromatic heterocycles. The molecule has 1 heterocycles. The molecular formula is C10H14N2O4. The minimum atomic E-state index is -0.451. The summed E-state index contributed by atoms with van der Waals surface area (Å²) in [5, 5.41) is 12.0. The van der Waals surface area contributed by atoms with Crippen molar-refractivity contribution < 1.29 is 14.6 Å². The van der Waals surface area contributed by atoms with E-state index in [0.717, 1.165) is 6.07 Å². The number of rotatable bonds is 5. The third-order valence-electron chi connectivity index (χ3n) is 1.96. The van der Waals surface area contributed by atoms with Crippen molar-refractivity contribution in [3.05, 3.63) is 28.2 Å². The minimum Gasteiger partial charge on any atom is -0.507 e. The summed E-state index contributed by atoms with van der Waals surface area (Å²) in [6.45, 7) is 1.00. The molecule has 0 atom stereocenters. The molecule has 0 saturated carbocycles. The second-order valence-corrected chi connectivity index (χ2v) is 3.20. The number of methoxy groups -OCH3 is 1. The van der Waals surface area contributed by atoms with Gasteiger partial charge in [-0.25, -0.2) is 0 Å². The van der Waals surface area contributed by atoms with E-state index in [-0.39, 0.29) is 11.3 Å². The number of hydrogen-bond acceptors (Lipinski definition) is 4. The van der Waals surface area contributed by atoms with Gasteiger partial charge in [0.1, 0.15) is 5.75 Å². The van der Waals surface area contributed by atoms with E-state index in [1.807, 2.05) is 0 Å². The zero-order chi connectivity index (χ0) is 12.0. The number of aromatic amines is 1. The van der Waals surface area contributed by atoms with Crippen LogP contribution in [0.3, 0.4) is 0 Å². The second kappa shape index (κ2) is 5.92. The van der Waals surface area contributed by atoms with Crippen molar-refractivity contribution in [3.8, 4) is 5.75 Å². The predicted molar refractivity (Wildman–Crippen MR) is 57.6 cm³/mol. The fourth-order valence-corrected chi connectivity index (χ4v) is 1.16. The Kier molecular flexibility index (Phi) is 4.53. The largest absolute Gasteiger partial charge is 0.507 e. The zero-order valence-corrected chi connectivity index (χ0v) is 8.95. The first kappa shape index (κ1) is 12.3. The lowest BCUT2D eigenvalue weighted by Gasteiger charge is -2.05. The number of aromatic nitrogens is 1. The number of H-pyrrole nitrogens is 1. The predicted octanol–water partition coefficient (Wildman–Crippen LogP) is -0.153. The van der Waals surface area contributed by atoms with E-state index in [1.54, 1.807) is 7.11 Å². The summed E-state index contributed by atoms with van der Waals surface area (Å²) in [4.78, 5) is 24.6. The third kappa shape index (κ3) is 3.39. The van der Waals surface area contributed by atoms with Crippen LogP contribution in [0.25, 0.3) is 0 Å². The molecule has 0 bridgehead atoms. The molecule has 0 spiro atoms. The first-order valence-corrected chi connectivity index (χ1v) is 4.84. The Labute approximate surface area is 92.3 Å². The Balaban J connectivity index is 2.56. The van der Waals surface area contributed by atoms with Gasteiger partial charge in [-0.3, -0.25) is 9.59 Å². The summed E-state index contributed by atoms with van der Waals surface area (Å²) < 4.78 is 4.82. The van der Waals surface area contributed by atoms with E-state index >= 15 is 0 Å². The van der Waals surface area contributed by atoms with Gasteiger partial charge in [0.05, 0.1) is 5.56 Å². The summed E-state index contributed by atoms with van der Waals surface area (Å²) in [6.07, 6.45) is 1.87. The number of nitrogens with one attached hydrogen (secondary N) is 2. The van der Waals surface area contributed by atoms with Crippen molar-refractivity contribution in [1.82, 2.24) is 10.3 Å². The summed E-state index contributed by atoms with van der Waals surface area (Å²) >= 11 is 0. The number of hydrogen-bond donors (Lipinski definition) is 3. The highest BCUT2D eigenvalue weighted by Gasteiger charge is 2.10. The fraction of sp³-hybridized carbons (Fsp3) is 0.400. The molecule has 0 saturated heterocycles. The Bertz CT molecular complexity index is 414. The van der Waals surface area contributed by atoms with E-state index in [1.165, 1.54) is 6.20 Å². The summed E-state index contributed by atoms with van der Waals surface area (Å²) in [7, 11) is 1.58. The molecule has 0 radical (unpaired) electrons. The fourth-order valence-electron chi connectivity index (χ4n) is 1.16. The van der Waals surface area contributed by atoms with Gasteiger partial charge in [-0.1, -0.05) is 0 Å². The van der Waals surface area contributed by atoms with Gasteiger partial charge >= 0.3 is 0 Å². The highest BCUT2D eigenvalue weighted by molar-refractivity contribution is 5.96. The van der Waals surface area contributed by atoms with Gasteiger partial charge < -0.3 is 20.1 Å². The molecule has 6 nitrogen and oxygen atoms in total. The maximum absolute atomic E-state index is 11.5. The first-order chi connectivity index (χ1) is 7.65. The van der Waals surface area contributed by atoms with E-state index in [4.69, 9.17) is 4.74 Å². The monoisotopic (exact) mass is 226 g/mol. The van der Waals surface area contributed by atoms with Gasteiger partial charge in [0, 0.05) is 32.5 Å². The average molecular weight is 226 g/mol. The van der Waals surface area contributed by atoms with Crippen LogP contribution in [0.4, 0.5) is 0 Å². The highest BCUT2D eigenvalue weighted by Crippen LogP contribution is 2.11. The van der Waals surface area contributed by atoms with E-state index in [0.29, 0.717) is 19.6 Å². The van der Waals surface area contributed by atoms with Gasteiger partial charge in [0.2, 0.25) is 0 Å². The van der Waals surface area contributed by atoms with Crippen LogP contribution in [0.5, 0.6) is 5.75 Å². The number of amides is 1. The summed E-state index contributed by atoms with van der Waals surface area (Å²) in [5.74, 6) is -0.752. The van der Waals surface area contributed by atoms with Crippen LogP contribution in [-0.2, 0) is 4.74 Å². The normalized spacial score (nSPS) is 10.1. The number of aromatic hydroxyl groups is 1. The van der Waals surface area contributed by atoms with Crippen LogP contribution in [0.2, 0.25) is 0 Å². The molecule has 1 rings (SSSR count). The molecule has 0 aliphatic heterocycles. The Hall–Kier alpha value is -1.82. The summed E-state index contributed by atoms with van der Waals surface area (Å²) in [5.41, 5.74) is -0.398. The van der Waals surface area contributed by atoms with Crippen LogP contribution in [-0.4, -0.2) is 36.3 Å². The van der Waals surface area contributed by atoms with Crippen molar-refractivity contribution in [3.63, 3.8) is 0 Å². The molecule has 0 unspecified atom stereocenters. The third-order valence-corrected chi connectivity index (χ3v) is 1.96. The van der Waals surface area contributed by atoms with Crippen molar-refractivity contribution >= 4 is 5.91 Å². The molecule has 16 heavy (non-hydrogen) atoms. The van der Waals surface area contributed by atoms with Crippen LogP contribution in [0.1, 0.15) is 16.8 Å². The molecule has 88 valence electrons. The molecule has 0 aliphatic rings. The molecule has 1 aromatic rings. The van der Waals surface area contributed by atoms with Gasteiger partial charge in [-0.15, -0.1) is 0 Å². The lowest BCUT2D eigenvalue weighted by molar-refractivity contribution is 0.0945. The number of carbonyl (C=O) groups excluding carboxylic acids is 1. The number of pyridine rings is 1. The van der Waals surface area contributed by atoms with Gasteiger partial charge in [0.25, 0.3) is 11.5 Å². The summed E-state index contributed by atoms with van der Waals surface area (Å²) in [6, 6.07) is 0.962. The molecule has 3 N–H and O–H groups in total. The van der Waals surface area contributed by atoms with Crippen LogP contribution in [0.15, 0.2) is 17.1 Å². The van der Waals surface area contributed by atoms with E-state index in [2.05, 4.69) is 10.3 Å². The zero-order valence-electron chi connectivity index (χ0n) is 8.95. The van der Waals surface area contributed by atoms with E-state index < -0.39 is 11.5 Å². The SMILES string of the molecule is COCCCNC(=O)c1c[nH]c(=O)cc1O. The number of carbonyl (C=O) groups is 1. The number of ether oxygens (including phenoxy) is 1. The van der Waals surface area contributed by atoms with E-state index in [9.17, 15) is 14.7 Å². The maximum Gasteiger partial charge on any atom is 0.256 e. The lowest BCUT2D eigenvalue weighted by Crippen LogP contribution is -2.26. The minimum absolute atomic E-state index is 0.0528. The van der Waals surface area contributed by atoms with Crippen molar-refractivity contribution in [2.45, 2.75) is 6.42 Å². The Morgan fingerprint density at radius 3 is 3.00 bits per heavy atom. The quantitative estimate of drug-likeness (QED) is 0.609. The highest BCUT2D eigenvalue weighted by atomic mass is 16.5. The van der Waals surface area contributed by atoms with Crippen LogP contribution in [0, 0.1) is 0 Å². The van der Waals surface area contributed by atoms with Crippen molar-refractivity contribution in [2.24, 2.45) is 0 Å². The average Bonchev–Trinajstić information content (AvgIpc) is 2.24. The topological polar surface area (TPSA) is 91.4 Å². The smallest absolute Gasteiger partial charge is 0.256 e. The van der Waals surface area contributed by atoms with Gasteiger partial charge in [0.15, 0.2) is 0 Å². The molecule has 0 fully saturated rings. The Morgan fingerprint density at radius 1 is 1.62 bits per heavy atom. The Morgan fingerprint density at radius 2 is 2.38 bits per heavy atom. The molecule has 0 aromatic carbocycles. The maximum atomic E-state index is 11.5. The standard InChI is InChI=1S/C10H14N2O4/c1-16-4-2-3-11-10(15)7-6-12-9(14)5-8(7)13/h5-6H,2-4H2,1H3,(H,11,15)(H2,12,13,14). The molecular weight excluding hydrogens is 212 g/mol. The second-order valence-electron chi connectivity index (χ2n) is 3.20. The van der Waals surface area contributed by atoms with Crippen LogP contribution < -0.4 is 10.9 Å². The van der Waals surface area contributed by atoms with Gasteiger partial charge in [-0.2, -0.15) is 0 Å². The lowest BCUT2D eigenvalue weighted by atomic mass is 10.2. The van der Waals surface area contributed by atoms with Crippen molar-refractivity contribution in [2.75, 3.05) is 20.3 Å². The van der Waals surface area contributed by atoms with Crippen molar-refractivity contribution in [1.29, 1.82) is 0 Å². The van der Waals surface area contributed by atoms with Gasteiger partial charge in [-0.05, 0) is 6.42 Å². The van der Waals surface area contributed by atoms with Crippen LogP contribution >= 0.6 is 0 Å². The molecule has 6 heteroatoms. The first-order valence-electron chi connectivity index (χ1n) is 4.84. The molecule has 1 amide bonds. The molecule has 0 aliphatic carbocycles.